The summed E-state index contributed by atoms with van der Waals surface area (Å²) in [6.07, 6.45) is 5.06. The van der Waals surface area contributed by atoms with Crippen molar-refractivity contribution in [3.8, 4) is 5.75 Å². The number of fused-ring (bicyclic) bond motifs is 2. The van der Waals surface area contributed by atoms with Gasteiger partial charge in [-0.05, 0) is 61.3 Å². The molecule has 1 N–H and O–H groups in total. The van der Waals surface area contributed by atoms with E-state index in [1.54, 1.807) is 4.90 Å². The molecule has 0 saturated heterocycles. The second-order valence-electron chi connectivity index (χ2n) is 10.5. The molecule has 0 fully saturated rings. The molecule has 40 heavy (non-hydrogen) atoms. The summed E-state index contributed by atoms with van der Waals surface area (Å²) < 4.78 is 60.1. The highest BCUT2D eigenvalue weighted by Gasteiger charge is 2.43. The van der Waals surface area contributed by atoms with Crippen LogP contribution >= 0.6 is 0 Å². The number of benzene rings is 1. The summed E-state index contributed by atoms with van der Waals surface area (Å²) in [5.41, 5.74) is 4.45. The van der Waals surface area contributed by atoms with Crippen LogP contribution in [0.1, 0.15) is 62.4 Å². The van der Waals surface area contributed by atoms with Crippen LogP contribution in [0.4, 0.5) is 13.2 Å². The third kappa shape index (κ3) is 7.83. The minimum Gasteiger partial charge on any atom is -0.492 e. The van der Waals surface area contributed by atoms with Crippen LogP contribution in [0.3, 0.4) is 0 Å². The molecule has 0 saturated carbocycles. The number of unbranched alkanes of at least 4 members (excludes halogenated alkanes) is 2. The van der Waals surface area contributed by atoms with Gasteiger partial charge in [0.15, 0.2) is 0 Å². The summed E-state index contributed by atoms with van der Waals surface area (Å²) >= 11 is 0. The number of halogens is 3. The number of ether oxygens (including phenoxy) is 3. The fourth-order valence-corrected chi connectivity index (χ4v) is 5.48. The molecule has 218 valence electrons. The monoisotopic (exact) mass is 562 g/mol. The molecule has 2 heterocycles. The van der Waals surface area contributed by atoms with Crippen LogP contribution in [-0.2, 0) is 20.7 Å². The van der Waals surface area contributed by atoms with Gasteiger partial charge < -0.3 is 19.3 Å². The van der Waals surface area contributed by atoms with Gasteiger partial charge in [-0.15, -0.1) is 0 Å². The highest BCUT2D eigenvalue weighted by Crippen LogP contribution is 2.49. The van der Waals surface area contributed by atoms with Gasteiger partial charge in [-0.25, -0.2) is 18.0 Å². The molecule has 7 nitrogen and oxygen atoms in total. The Hall–Kier alpha value is -2.95. The molecule has 2 aromatic rings. The molecule has 0 spiro atoms. The van der Waals surface area contributed by atoms with E-state index < -0.39 is 30.3 Å². The number of carboxylic acid groups (broad SMARTS) is 1. The van der Waals surface area contributed by atoms with Gasteiger partial charge in [-0.1, -0.05) is 24.3 Å². The SMILES string of the molecule is C[C@@H]1CC2=C(Cc3ccccc32)[C@@H](c2ncc(OCCCCCOCCOCC(=O)O)cc2F)N1CC(C)(F)F. The fourth-order valence-electron chi connectivity index (χ4n) is 5.48. The van der Waals surface area contributed by atoms with E-state index in [4.69, 9.17) is 19.3 Å². The van der Waals surface area contributed by atoms with Crippen molar-refractivity contribution in [1.82, 2.24) is 9.88 Å². The number of aromatic nitrogens is 1. The van der Waals surface area contributed by atoms with Crippen molar-refractivity contribution >= 4 is 11.5 Å². The van der Waals surface area contributed by atoms with Gasteiger partial charge in [-0.3, -0.25) is 9.88 Å². The largest absolute Gasteiger partial charge is 0.492 e. The summed E-state index contributed by atoms with van der Waals surface area (Å²) in [6, 6.07) is 8.43. The van der Waals surface area contributed by atoms with E-state index in [0.717, 1.165) is 48.5 Å². The van der Waals surface area contributed by atoms with E-state index >= 15 is 4.39 Å². The average Bonchev–Trinajstić information content (AvgIpc) is 3.25. The minimum absolute atomic E-state index is 0.146. The fraction of sp³-hybridized carbons (Fsp3) is 0.533. The first-order valence-corrected chi connectivity index (χ1v) is 13.7. The lowest BCUT2D eigenvalue weighted by atomic mass is 9.86. The number of aliphatic carboxylic acids is 1. The van der Waals surface area contributed by atoms with Gasteiger partial charge in [0.05, 0.1) is 44.3 Å². The van der Waals surface area contributed by atoms with Crippen LogP contribution in [0.5, 0.6) is 5.75 Å². The number of rotatable bonds is 15. The highest BCUT2D eigenvalue weighted by molar-refractivity contribution is 5.78. The predicted octanol–water partition coefficient (Wildman–Crippen LogP) is 5.69. The molecule has 1 aliphatic heterocycles. The van der Waals surface area contributed by atoms with E-state index in [1.807, 2.05) is 25.1 Å². The normalized spacial score (nSPS) is 19.0. The number of pyridine rings is 1. The number of alkyl halides is 2. The van der Waals surface area contributed by atoms with E-state index in [2.05, 4.69) is 11.1 Å². The molecule has 4 rings (SSSR count). The molecule has 0 amide bonds. The minimum atomic E-state index is -2.94. The zero-order valence-electron chi connectivity index (χ0n) is 23.0. The molecule has 1 aliphatic carbocycles. The van der Waals surface area contributed by atoms with Gasteiger partial charge >= 0.3 is 5.97 Å². The third-order valence-corrected chi connectivity index (χ3v) is 7.20. The summed E-state index contributed by atoms with van der Waals surface area (Å²) in [5, 5.41) is 8.50. The van der Waals surface area contributed by atoms with Crippen molar-refractivity contribution in [3.63, 3.8) is 0 Å². The maximum absolute atomic E-state index is 15.6. The molecule has 0 radical (unpaired) electrons. The second kappa shape index (κ2) is 13.6. The molecule has 0 bridgehead atoms. The molecule has 1 aromatic carbocycles. The molecule has 10 heteroatoms. The Morgan fingerprint density at radius 1 is 1.12 bits per heavy atom. The predicted molar refractivity (Wildman–Crippen MR) is 144 cm³/mol. The summed E-state index contributed by atoms with van der Waals surface area (Å²) in [6.45, 7) is 3.45. The highest BCUT2D eigenvalue weighted by atomic mass is 19.3. The zero-order valence-corrected chi connectivity index (χ0v) is 23.0. The van der Waals surface area contributed by atoms with Crippen LogP contribution in [0.2, 0.25) is 0 Å². The molecular formula is C30H37F3N2O5. The van der Waals surface area contributed by atoms with Gasteiger partial charge in [0.25, 0.3) is 5.92 Å². The zero-order chi connectivity index (χ0) is 28.7. The number of nitrogens with zero attached hydrogens (tertiary/aromatic N) is 2. The van der Waals surface area contributed by atoms with E-state index in [1.165, 1.54) is 12.3 Å². The van der Waals surface area contributed by atoms with Crippen LogP contribution in [0.15, 0.2) is 42.1 Å². The van der Waals surface area contributed by atoms with E-state index in [9.17, 15) is 13.6 Å². The Morgan fingerprint density at radius 3 is 2.62 bits per heavy atom. The lowest BCUT2D eigenvalue weighted by Gasteiger charge is -2.42. The van der Waals surface area contributed by atoms with Crippen molar-refractivity contribution in [1.29, 1.82) is 0 Å². The van der Waals surface area contributed by atoms with Crippen molar-refractivity contribution < 1.29 is 37.3 Å². The van der Waals surface area contributed by atoms with Crippen LogP contribution in [0.25, 0.3) is 5.57 Å². The van der Waals surface area contributed by atoms with Gasteiger partial charge in [-0.2, -0.15) is 0 Å². The lowest BCUT2D eigenvalue weighted by Crippen LogP contribution is -2.46. The number of hydrogen-bond donors (Lipinski definition) is 1. The first-order valence-electron chi connectivity index (χ1n) is 13.7. The molecular weight excluding hydrogens is 525 g/mol. The van der Waals surface area contributed by atoms with Crippen LogP contribution in [0, 0.1) is 5.82 Å². The standard InChI is InChI=1S/C30H37F3N2O5/c1-20-14-24-23-9-5-4-8-21(23)15-25(24)29(35(20)19-30(2,32)33)28-26(31)16-22(17-34-28)40-11-7-3-6-10-38-12-13-39-18-27(36)37/h4-5,8-9,16-17,20,29H,3,6-7,10-15,18-19H2,1-2H3,(H,36,37)/t20-,29+/m1/s1. The number of carbonyl (C=O) groups is 1. The Balaban J connectivity index is 1.35. The molecule has 0 unspecified atom stereocenters. The first kappa shape index (κ1) is 30.0. The molecule has 1 aromatic heterocycles. The smallest absolute Gasteiger partial charge is 0.329 e. The van der Waals surface area contributed by atoms with Crippen LogP contribution < -0.4 is 4.74 Å². The quantitative estimate of drug-likeness (QED) is 0.280. The summed E-state index contributed by atoms with van der Waals surface area (Å²) in [7, 11) is 0. The Labute approximate surface area is 232 Å². The Morgan fingerprint density at radius 2 is 1.88 bits per heavy atom. The topological polar surface area (TPSA) is 81.1 Å². The lowest BCUT2D eigenvalue weighted by molar-refractivity contribution is -0.142. The third-order valence-electron chi connectivity index (χ3n) is 7.20. The van der Waals surface area contributed by atoms with E-state index in [0.29, 0.717) is 38.4 Å². The van der Waals surface area contributed by atoms with Gasteiger partial charge in [0.2, 0.25) is 0 Å². The maximum atomic E-state index is 15.6. The van der Waals surface area contributed by atoms with E-state index in [-0.39, 0.29) is 24.9 Å². The summed E-state index contributed by atoms with van der Waals surface area (Å²) in [4.78, 5) is 16.5. The van der Waals surface area contributed by atoms with Crippen molar-refractivity contribution in [2.75, 3.05) is 39.6 Å². The van der Waals surface area contributed by atoms with Gasteiger partial charge in [0.1, 0.15) is 18.2 Å². The number of carboxylic acids is 1. The van der Waals surface area contributed by atoms with Crippen molar-refractivity contribution in [2.24, 2.45) is 0 Å². The Bertz CT molecular complexity index is 1200. The molecule has 2 atom stereocenters. The van der Waals surface area contributed by atoms with Crippen molar-refractivity contribution in [3.05, 3.63) is 64.7 Å². The number of hydrogen-bond acceptors (Lipinski definition) is 6. The Kier molecular flexibility index (Phi) is 10.2. The van der Waals surface area contributed by atoms with Crippen molar-refractivity contribution in [2.45, 2.75) is 64.0 Å². The summed E-state index contributed by atoms with van der Waals surface area (Å²) in [5.74, 6) is -4.22. The first-order chi connectivity index (χ1) is 19.1. The van der Waals surface area contributed by atoms with Gasteiger partial charge in [0, 0.05) is 25.6 Å². The average molecular weight is 563 g/mol. The van der Waals surface area contributed by atoms with Crippen LogP contribution in [-0.4, -0.2) is 72.5 Å². The molecule has 2 aliphatic rings. The second-order valence-corrected chi connectivity index (χ2v) is 10.5. The maximum Gasteiger partial charge on any atom is 0.329 e.